The standard InChI is InChI=1S/C20H26N2O.C20H27NO3.C13H19BNO3.C12H19NO2.C12H18O2.2C11H18O.2ClH/c21-12-19(22-18(13-23)17-4-2-1-3-5-17)20-9-14-6-15(10-20)8-16(7-14)11-20;22-12-17(16-4-2-1-3-5-16)21-18(19(23)24)20-9-13-6-14(10-20)8-15(7-13)11-20;16-7-14-15-11(12(17)18)13-4-8-1-9(5-13)3-10(2-8)6-13;13-10(11(14)15)12-4-7-1-8(5-12)3-9(2-7)6-12;13-8-14-7-12-4-9-1-10(5-12)3-11(2-9)6-12;1-12-11-5-8-2-9(6-11)4-10(3-8)7-11;12-7-11-4-8-1-9(5-11)3-10(2-8)6-11;;/h1-5,14-16,18-19,22-23H,6-11,13H2;1-5,13-15,17-18,21-22H,6-12H2,(H,23,24);7-11,15H,1-6H2,(H,17,18);7-10H,1-6,13H2,(H,14,15);8-11H,1-7H2;8-10H,2-7H2,1H3;8-10,12H,1-7H2;2*1H/t14?,15?,16?,18-,19+,20?;13?,14?,15?,17-,18+,20?;8?,9?,10?,11-,13?;7?,8?,9?,10-,12?;;;;;/m0011...../s1. The molecule has 0 amide bonds. The van der Waals surface area contributed by atoms with E-state index < -0.39 is 36.0 Å². The Bertz CT molecular complexity index is 3550. The fraction of sp³-hybridized carbons (Fsp3) is 0.818. The van der Waals surface area contributed by atoms with Gasteiger partial charge in [-0.15, -0.1) is 24.8 Å². The minimum atomic E-state index is -0.810. The summed E-state index contributed by atoms with van der Waals surface area (Å²) in [6, 6.07) is 19.9. The number of benzene rings is 2. The Kier molecular flexibility index (Phi) is 28.4. The molecule has 0 heterocycles. The second kappa shape index (κ2) is 37.6. The number of aliphatic hydroxyl groups is 3. The van der Waals surface area contributed by atoms with Crippen molar-refractivity contribution in [1.82, 2.24) is 15.9 Å². The van der Waals surface area contributed by atoms with E-state index in [9.17, 15) is 54.8 Å². The van der Waals surface area contributed by atoms with E-state index in [4.69, 9.17) is 20.3 Å². The van der Waals surface area contributed by atoms with Crippen LogP contribution in [0.2, 0.25) is 0 Å². The molecule has 1 radical (unpaired) electrons. The first-order valence-corrected chi connectivity index (χ1v) is 47.8. The molecule has 2 aromatic carbocycles. The van der Waals surface area contributed by atoms with Crippen molar-refractivity contribution in [2.75, 3.05) is 33.5 Å². The van der Waals surface area contributed by atoms with Gasteiger partial charge in [0.15, 0.2) is 0 Å². The van der Waals surface area contributed by atoms with Gasteiger partial charge in [-0.05, 0) is 432 Å². The highest BCUT2D eigenvalue weighted by molar-refractivity contribution is 6.64. The number of carboxylic acids is 3. The highest BCUT2D eigenvalue weighted by atomic mass is 35.5. The van der Waals surface area contributed by atoms with Gasteiger partial charge in [0.1, 0.15) is 24.2 Å². The van der Waals surface area contributed by atoms with Gasteiger partial charge in [0.05, 0.1) is 49.8 Å². The van der Waals surface area contributed by atoms with Crippen molar-refractivity contribution in [3.8, 4) is 6.07 Å². The van der Waals surface area contributed by atoms with Crippen LogP contribution in [0, 0.1) is 168 Å². The zero-order chi connectivity index (χ0) is 81.9. The Hall–Kier alpha value is -4.20. The lowest BCUT2D eigenvalue weighted by molar-refractivity contribution is -0.153. The van der Waals surface area contributed by atoms with Crippen LogP contribution in [-0.4, -0.2) is 132 Å². The van der Waals surface area contributed by atoms with E-state index in [0.29, 0.717) is 60.1 Å². The maximum atomic E-state index is 12.2. The van der Waals surface area contributed by atoms with Crippen LogP contribution in [0.1, 0.15) is 293 Å². The first kappa shape index (κ1) is 90.6. The molecule has 0 saturated heterocycles. The molecular weight excluding hydrogens is 1550 g/mol. The molecule has 11 N–H and O–H groups in total. The third-order valence-electron chi connectivity index (χ3n) is 37.1. The van der Waals surface area contributed by atoms with Gasteiger partial charge in [-0.3, -0.25) is 29.8 Å². The van der Waals surface area contributed by atoms with E-state index in [1.165, 1.54) is 219 Å². The lowest BCUT2D eigenvalue weighted by atomic mass is 9.47. The molecule has 0 aromatic heterocycles. The molecular formula is C99H147BCl2N5O13. The predicted octanol–water partition coefficient (Wildman–Crippen LogP) is 17.1. The van der Waals surface area contributed by atoms with E-state index in [1.54, 1.807) is 0 Å². The van der Waals surface area contributed by atoms with Crippen LogP contribution in [0.25, 0.3) is 0 Å². The molecule has 2 aromatic rings. The van der Waals surface area contributed by atoms with E-state index in [0.717, 1.165) is 175 Å². The third kappa shape index (κ3) is 19.3. The molecule has 28 saturated carbocycles. The number of methoxy groups -OCH3 is 1. The topological polar surface area (TPSA) is 311 Å². The Morgan fingerprint density at radius 2 is 0.708 bits per heavy atom. The lowest BCUT2D eigenvalue weighted by Crippen LogP contribution is -2.59. The van der Waals surface area contributed by atoms with Crippen molar-refractivity contribution in [2.24, 2.45) is 162 Å². The van der Waals surface area contributed by atoms with Crippen LogP contribution in [-0.2, 0) is 33.4 Å². The normalized spacial score (nSPS) is 44.0. The Morgan fingerprint density at radius 1 is 0.425 bits per heavy atom. The van der Waals surface area contributed by atoms with Crippen molar-refractivity contribution in [3.63, 3.8) is 0 Å². The zero-order valence-corrected chi connectivity index (χ0v) is 73.6. The maximum absolute atomic E-state index is 12.2. The van der Waals surface area contributed by atoms with E-state index in [1.807, 2.05) is 67.8 Å². The number of rotatable bonds is 23. The smallest absolute Gasteiger partial charge is 0.321 e. The zero-order valence-electron chi connectivity index (χ0n) is 72.0. The summed E-state index contributed by atoms with van der Waals surface area (Å²) in [6.07, 6.45) is 55.1. The second-order valence-electron chi connectivity index (χ2n) is 45.8. The summed E-state index contributed by atoms with van der Waals surface area (Å²) < 4.78 is 10.8. The number of nitrogens with two attached hydrogens (primary N) is 1. The molecule has 0 unspecified atom stereocenters. The Balaban J connectivity index is 0.000000110. The summed E-state index contributed by atoms with van der Waals surface area (Å²) in [7, 11) is 3.17. The second-order valence-corrected chi connectivity index (χ2v) is 45.8. The van der Waals surface area contributed by atoms with Crippen molar-refractivity contribution in [3.05, 3.63) is 71.8 Å². The van der Waals surface area contributed by atoms with Crippen LogP contribution in [0.3, 0.4) is 0 Å². The number of hydrogen-bond acceptors (Lipinski definition) is 15. The predicted molar refractivity (Wildman–Crippen MR) is 467 cm³/mol. The summed E-state index contributed by atoms with van der Waals surface area (Å²) >= 11 is 0. The van der Waals surface area contributed by atoms with Crippen LogP contribution in [0.5, 0.6) is 0 Å². The largest absolute Gasteiger partial charge is 0.480 e. The molecule has 21 heteroatoms. The molecule has 120 heavy (non-hydrogen) atoms. The molecule has 6 atom stereocenters. The lowest BCUT2D eigenvalue weighted by Gasteiger charge is -2.59. The van der Waals surface area contributed by atoms with Crippen LogP contribution < -0.4 is 21.6 Å². The molecule has 0 aliphatic heterocycles. The van der Waals surface area contributed by atoms with Gasteiger partial charge < -0.3 is 55.9 Å². The van der Waals surface area contributed by atoms with Crippen molar-refractivity contribution in [2.45, 2.75) is 312 Å². The van der Waals surface area contributed by atoms with E-state index in [-0.39, 0.29) is 77.8 Å². The van der Waals surface area contributed by atoms with Gasteiger partial charge in [0, 0.05) is 19.1 Å². The highest BCUT2D eigenvalue weighted by Gasteiger charge is 2.61. The van der Waals surface area contributed by atoms with Gasteiger partial charge in [-0.1, -0.05) is 60.7 Å². The summed E-state index contributed by atoms with van der Waals surface area (Å²) in [5.41, 5.74) is 8.95. The van der Waals surface area contributed by atoms with Gasteiger partial charge in [-0.2, -0.15) is 5.26 Å². The first-order valence-electron chi connectivity index (χ1n) is 47.8. The number of halogens is 2. The Morgan fingerprint density at radius 3 is 0.983 bits per heavy atom. The fourth-order valence-electron chi connectivity index (χ4n) is 35.6. The summed E-state index contributed by atoms with van der Waals surface area (Å²) in [5, 5.41) is 77.2. The van der Waals surface area contributed by atoms with Crippen LogP contribution >= 0.6 is 24.8 Å². The molecule has 28 bridgehead atoms. The number of aliphatic hydroxyl groups excluding tert-OH is 3. The summed E-state index contributed by atoms with van der Waals surface area (Å²) in [4.78, 5) is 55.5. The molecule has 30 rings (SSSR count). The molecule has 18 nitrogen and oxygen atoms in total. The number of carbonyl (C=O) groups is 5. The van der Waals surface area contributed by atoms with Gasteiger partial charge in [0.25, 0.3) is 13.9 Å². The fourth-order valence-corrected chi connectivity index (χ4v) is 35.6. The van der Waals surface area contributed by atoms with Crippen LogP contribution in [0.4, 0.5) is 0 Å². The van der Waals surface area contributed by atoms with Gasteiger partial charge in [-0.25, -0.2) is 0 Å². The average molecular weight is 1700 g/mol. The number of nitriles is 1. The van der Waals surface area contributed by atoms with E-state index in [2.05, 4.69) is 21.9 Å². The molecule has 663 valence electrons. The minimum absolute atomic E-state index is 0. The summed E-state index contributed by atoms with van der Waals surface area (Å²) in [6.45, 7) is 1.74. The SMILES string of the molecule is COC12CC3CC(CC(C3)C1)C2.Cl.Cl.N#C[C@@H](N[C@@H](CO)c1ccccc1)C12CC3CC(CC(C3)C1)C2.N[C@H](C(=O)O)C12CC3CC(CC(C3)C1)C2.O=C(O)[C@@H](N[C@@H](CO)c1ccccc1)C12CC3CC(CC(C3)C1)C2.O=COCC12CC3CC(CC(C3)C1)C2.O=C[B]N[C@H](C(=O)O)C12CC3CC(CC(C3)C1)C2.OCC12CC3CC(CC(C3)C1)C2. The van der Waals surface area contributed by atoms with Crippen molar-refractivity contribution < 1.29 is 64.1 Å². The molecule has 28 aliphatic rings. The van der Waals surface area contributed by atoms with E-state index >= 15 is 0 Å². The van der Waals surface area contributed by atoms with Gasteiger partial charge >= 0.3 is 17.9 Å². The third-order valence-corrected chi connectivity index (χ3v) is 37.1. The minimum Gasteiger partial charge on any atom is -0.480 e. The van der Waals surface area contributed by atoms with Gasteiger partial charge in [0.2, 0.25) is 0 Å². The summed E-state index contributed by atoms with van der Waals surface area (Å²) in [5.74, 6) is 15.7. The number of aliphatic carboxylic acids is 3. The highest BCUT2D eigenvalue weighted by Crippen LogP contribution is 2.67. The monoisotopic (exact) mass is 1700 g/mol. The number of nitrogens with one attached hydrogen (secondary N) is 3. The Labute approximate surface area is 729 Å². The average Bonchev–Trinajstić information content (AvgIpc) is 0.727. The van der Waals surface area contributed by atoms with Crippen molar-refractivity contribution in [1.29, 1.82) is 5.26 Å². The number of hydrogen-bond donors (Lipinski definition) is 10. The number of carboxylic acid groups (broad SMARTS) is 3. The number of carbonyl (C=O) groups excluding carboxylic acids is 2. The number of nitrogens with zero attached hydrogens (tertiary/aromatic N) is 1. The molecule has 28 aliphatic carbocycles. The maximum Gasteiger partial charge on any atom is 0.321 e. The number of ether oxygens (including phenoxy) is 2. The quantitative estimate of drug-likeness (QED) is 0.0365. The molecule has 28 fully saturated rings. The molecule has 0 spiro atoms. The first-order chi connectivity index (χ1) is 56.9. The van der Waals surface area contributed by atoms with Crippen molar-refractivity contribution >= 4 is 62.8 Å². The van der Waals surface area contributed by atoms with Crippen LogP contribution in [0.15, 0.2) is 60.7 Å².